The Morgan fingerprint density at radius 1 is 1.60 bits per heavy atom. The minimum atomic E-state index is -1.05. The number of aromatic carboxylic acids is 1. The maximum atomic E-state index is 10.5. The van der Waals surface area contributed by atoms with Gasteiger partial charge >= 0.3 is 5.97 Å². The van der Waals surface area contributed by atoms with Gasteiger partial charge in [-0.05, 0) is 18.6 Å². The van der Waals surface area contributed by atoms with Crippen LogP contribution < -0.4 is 5.32 Å². The first-order valence-electron chi connectivity index (χ1n) is 4.74. The van der Waals surface area contributed by atoms with Crippen LogP contribution in [0.2, 0.25) is 0 Å². The zero-order chi connectivity index (χ0) is 11.3. The average Bonchev–Trinajstić information content (AvgIpc) is 2.26. The monoisotopic (exact) mass is 210 g/mol. The van der Waals surface area contributed by atoms with E-state index in [2.05, 4.69) is 10.3 Å². The third kappa shape index (κ3) is 3.55. The van der Waals surface area contributed by atoms with Crippen LogP contribution in [-0.4, -0.2) is 33.8 Å². The number of carboxylic acids is 1. The van der Waals surface area contributed by atoms with Crippen molar-refractivity contribution in [3.63, 3.8) is 0 Å². The van der Waals surface area contributed by atoms with Crippen LogP contribution in [0.15, 0.2) is 18.3 Å². The number of nitrogens with zero attached hydrogens (tertiary/aromatic N) is 1. The molecule has 0 aromatic carbocycles. The van der Waals surface area contributed by atoms with Gasteiger partial charge in [-0.25, -0.2) is 9.78 Å². The summed E-state index contributed by atoms with van der Waals surface area (Å²) in [6, 6.07) is 3.04. The molecule has 0 spiro atoms. The minimum absolute atomic E-state index is 0.0107. The Morgan fingerprint density at radius 2 is 2.33 bits per heavy atom. The first-order chi connectivity index (χ1) is 7.13. The molecule has 0 aliphatic rings. The van der Waals surface area contributed by atoms with Crippen molar-refractivity contribution in [2.24, 2.45) is 0 Å². The van der Waals surface area contributed by atoms with Gasteiger partial charge in [-0.15, -0.1) is 0 Å². The second-order valence-electron chi connectivity index (χ2n) is 3.18. The van der Waals surface area contributed by atoms with Crippen LogP contribution >= 0.6 is 0 Å². The van der Waals surface area contributed by atoms with E-state index in [1.807, 2.05) is 6.92 Å². The van der Waals surface area contributed by atoms with Crippen molar-refractivity contribution in [1.29, 1.82) is 0 Å². The lowest BCUT2D eigenvalue weighted by Crippen LogP contribution is -2.18. The Hall–Kier alpha value is -1.62. The lowest BCUT2D eigenvalue weighted by molar-refractivity contribution is 0.0690. The highest BCUT2D eigenvalue weighted by Gasteiger charge is 2.04. The van der Waals surface area contributed by atoms with Crippen molar-refractivity contribution < 1.29 is 15.0 Å². The van der Waals surface area contributed by atoms with Crippen LogP contribution in [0.25, 0.3) is 0 Å². The van der Waals surface area contributed by atoms with Crippen molar-refractivity contribution in [3.8, 4) is 0 Å². The molecule has 0 fully saturated rings. The van der Waals surface area contributed by atoms with Crippen LogP contribution in [0.5, 0.6) is 0 Å². The number of aliphatic hydroxyl groups excluding tert-OH is 1. The van der Waals surface area contributed by atoms with Crippen molar-refractivity contribution in [3.05, 3.63) is 24.0 Å². The topological polar surface area (TPSA) is 82.5 Å². The van der Waals surface area contributed by atoms with E-state index in [0.717, 1.165) is 0 Å². The molecule has 5 heteroatoms. The summed E-state index contributed by atoms with van der Waals surface area (Å²) in [4.78, 5) is 14.2. The molecule has 0 aliphatic carbocycles. The number of carbonyl (C=O) groups is 1. The van der Waals surface area contributed by atoms with E-state index in [4.69, 9.17) is 5.11 Å². The SMILES string of the molecule is CCC(O)CNc1ccc(C(=O)O)nc1. The lowest BCUT2D eigenvalue weighted by Gasteiger charge is -2.10. The number of nitrogens with one attached hydrogen (secondary N) is 1. The van der Waals surface area contributed by atoms with Crippen LogP contribution in [0.1, 0.15) is 23.8 Å². The highest BCUT2D eigenvalue weighted by molar-refractivity contribution is 5.85. The molecule has 1 aromatic rings. The van der Waals surface area contributed by atoms with Gasteiger partial charge in [0.25, 0.3) is 0 Å². The summed E-state index contributed by atoms with van der Waals surface area (Å²) >= 11 is 0. The summed E-state index contributed by atoms with van der Waals surface area (Å²) in [5, 5.41) is 20.9. The highest BCUT2D eigenvalue weighted by atomic mass is 16.4. The molecule has 0 saturated carbocycles. The molecule has 5 nitrogen and oxygen atoms in total. The summed E-state index contributed by atoms with van der Waals surface area (Å²) in [7, 11) is 0. The van der Waals surface area contributed by atoms with Crippen molar-refractivity contribution in [1.82, 2.24) is 4.98 Å². The zero-order valence-corrected chi connectivity index (χ0v) is 8.47. The summed E-state index contributed by atoms with van der Waals surface area (Å²) in [5.41, 5.74) is 0.712. The fraction of sp³-hybridized carbons (Fsp3) is 0.400. The molecule has 0 saturated heterocycles. The van der Waals surface area contributed by atoms with Crippen LogP contribution in [0.4, 0.5) is 5.69 Å². The second-order valence-corrected chi connectivity index (χ2v) is 3.18. The van der Waals surface area contributed by atoms with E-state index in [1.54, 1.807) is 6.07 Å². The summed E-state index contributed by atoms with van der Waals surface area (Å²) < 4.78 is 0. The van der Waals surface area contributed by atoms with Gasteiger partial charge in [-0.3, -0.25) is 0 Å². The molecule has 0 bridgehead atoms. The fourth-order valence-electron chi connectivity index (χ4n) is 1.00. The van der Waals surface area contributed by atoms with Crippen LogP contribution in [0.3, 0.4) is 0 Å². The molecule has 15 heavy (non-hydrogen) atoms. The molecule has 1 atom stereocenters. The standard InChI is InChI=1S/C10H14N2O3/c1-2-8(13)6-11-7-3-4-9(10(14)15)12-5-7/h3-5,8,11,13H,2,6H2,1H3,(H,14,15). The Bertz CT molecular complexity index is 324. The number of rotatable bonds is 5. The average molecular weight is 210 g/mol. The molecule has 0 amide bonds. The quantitative estimate of drug-likeness (QED) is 0.674. The van der Waals surface area contributed by atoms with E-state index in [9.17, 15) is 9.90 Å². The summed E-state index contributed by atoms with van der Waals surface area (Å²) in [5.74, 6) is -1.05. The van der Waals surface area contributed by atoms with Gasteiger partial charge in [0.1, 0.15) is 5.69 Å². The molecular formula is C10H14N2O3. The van der Waals surface area contributed by atoms with Crippen LogP contribution in [0, 0.1) is 0 Å². The summed E-state index contributed by atoms with van der Waals surface area (Å²) in [6.07, 6.45) is 1.71. The Morgan fingerprint density at radius 3 is 2.80 bits per heavy atom. The molecule has 0 radical (unpaired) electrons. The number of hydrogen-bond donors (Lipinski definition) is 3. The smallest absolute Gasteiger partial charge is 0.354 e. The normalized spacial score (nSPS) is 12.1. The minimum Gasteiger partial charge on any atom is -0.477 e. The van der Waals surface area contributed by atoms with E-state index in [0.29, 0.717) is 18.7 Å². The zero-order valence-electron chi connectivity index (χ0n) is 8.47. The first-order valence-corrected chi connectivity index (χ1v) is 4.74. The molecule has 1 rings (SSSR count). The van der Waals surface area contributed by atoms with Gasteiger partial charge in [0.2, 0.25) is 0 Å². The number of hydrogen-bond acceptors (Lipinski definition) is 4. The lowest BCUT2D eigenvalue weighted by atomic mass is 10.2. The molecule has 1 unspecified atom stereocenters. The van der Waals surface area contributed by atoms with Gasteiger partial charge in [0.15, 0.2) is 0 Å². The Kier molecular flexibility index (Phi) is 4.05. The highest BCUT2D eigenvalue weighted by Crippen LogP contribution is 2.06. The van der Waals surface area contributed by atoms with E-state index < -0.39 is 12.1 Å². The van der Waals surface area contributed by atoms with Gasteiger partial charge in [0, 0.05) is 6.54 Å². The fourth-order valence-corrected chi connectivity index (χ4v) is 1.00. The third-order valence-corrected chi connectivity index (χ3v) is 2.00. The Balaban J connectivity index is 2.53. The van der Waals surface area contributed by atoms with Gasteiger partial charge in [-0.2, -0.15) is 0 Å². The molecule has 1 heterocycles. The Labute approximate surface area is 87.8 Å². The van der Waals surface area contributed by atoms with Crippen molar-refractivity contribution >= 4 is 11.7 Å². The number of carboxylic acid groups (broad SMARTS) is 1. The number of aromatic nitrogens is 1. The first kappa shape index (κ1) is 11.5. The number of anilines is 1. The van der Waals surface area contributed by atoms with Crippen molar-refractivity contribution in [2.75, 3.05) is 11.9 Å². The van der Waals surface area contributed by atoms with Gasteiger partial charge in [-0.1, -0.05) is 6.92 Å². The van der Waals surface area contributed by atoms with Gasteiger partial charge in [0.05, 0.1) is 18.0 Å². The van der Waals surface area contributed by atoms with E-state index in [1.165, 1.54) is 12.3 Å². The molecule has 0 aliphatic heterocycles. The van der Waals surface area contributed by atoms with E-state index >= 15 is 0 Å². The molecule has 1 aromatic heterocycles. The molecular weight excluding hydrogens is 196 g/mol. The molecule has 3 N–H and O–H groups in total. The predicted molar refractivity (Wildman–Crippen MR) is 56.0 cm³/mol. The van der Waals surface area contributed by atoms with Crippen molar-refractivity contribution in [2.45, 2.75) is 19.4 Å². The predicted octanol–water partition coefficient (Wildman–Crippen LogP) is 0.963. The maximum absolute atomic E-state index is 10.5. The van der Waals surface area contributed by atoms with Gasteiger partial charge < -0.3 is 15.5 Å². The maximum Gasteiger partial charge on any atom is 0.354 e. The largest absolute Gasteiger partial charge is 0.477 e. The number of aliphatic hydroxyl groups is 1. The summed E-state index contributed by atoms with van der Waals surface area (Å²) in [6.45, 7) is 2.32. The second kappa shape index (κ2) is 5.31. The third-order valence-electron chi connectivity index (χ3n) is 2.00. The number of pyridine rings is 1. The van der Waals surface area contributed by atoms with Crippen LogP contribution in [-0.2, 0) is 0 Å². The van der Waals surface area contributed by atoms with E-state index in [-0.39, 0.29) is 5.69 Å². The molecule has 82 valence electrons.